The molecule has 3 amide bonds. The largest absolute Gasteiger partial charge is 0.444 e. The van der Waals surface area contributed by atoms with Crippen LogP contribution in [0.4, 0.5) is 14.4 Å². The van der Waals surface area contributed by atoms with E-state index in [0.717, 1.165) is 0 Å². The number of carbonyl (C=O) groups excluding carboxylic acids is 4. The van der Waals surface area contributed by atoms with E-state index in [1.165, 1.54) is 0 Å². The predicted octanol–water partition coefficient (Wildman–Crippen LogP) is 5.51. The van der Waals surface area contributed by atoms with E-state index in [0.29, 0.717) is 58.2 Å². The van der Waals surface area contributed by atoms with Crippen molar-refractivity contribution in [2.45, 2.75) is 169 Å². The van der Waals surface area contributed by atoms with Gasteiger partial charge in [0.05, 0.1) is 12.2 Å². The second-order valence-corrected chi connectivity index (χ2v) is 15.4. The minimum absolute atomic E-state index is 0.0406. The molecular weight excluding hydrogens is 582 g/mol. The molecule has 3 aliphatic rings. The third kappa shape index (κ3) is 16.0. The zero-order chi connectivity index (χ0) is 34.9. The highest BCUT2D eigenvalue weighted by Crippen LogP contribution is 2.22. The van der Waals surface area contributed by atoms with Gasteiger partial charge < -0.3 is 39.1 Å². The fourth-order valence-corrected chi connectivity index (χ4v) is 5.08. The van der Waals surface area contributed by atoms with E-state index in [1.807, 2.05) is 83.1 Å². The molecule has 0 aromatic rings. The van der Waals surface area contributed by atoms with E-state index < -0.39 is 16.8 Å². The summed E-state index contributed by atoms with van der Waals surface area (Å²) in [4.78, 5) is 51.4. The van der Waals surface area contributed by atoms with Gasteiger partial charge in [0.25, 0.3) is 0 Å². The zero-order valence-electron chi connectivity index (χ0n) is 29.8. The fraction of sp³-hybridized carbons (Fsp3) is 0.879. The van der Waals surface area contributed by atoms with Crippen LogP contribution in [-0.4, -0.2) is 116 Å². The highest BCUT2D eigenvalue weighted by Gasteiger charge is 2.33. The van der Waals surface area contributed by atoms with Crippen molar-refractivity contribution in [3.05, 3.63) is 0 Å². The van der Waals surface area contributed by atoms with Crippen LogP contribution >= 0.6 is 0 Å². The summed E-state index contributed by atoms with van der Waals surface area (Å²) in [6.45, 7) is 24.0. The molecule has 262 valence electrons. The van der Waals surface area contributed by atoms with Crippen molar-refractivity contribution in [3.63, 3.8) is 0 Å². The number of ketones is 1. The molecule has 3 heterocycles. The van der Waals surface area contributed by atoms with Crippen LogP contribution in [0.1, 0.15) is 122 Å². The molecule has 3 aliphatic heterocycles. The highest BCUT2D eigenvalue weighted by atomic mass is 16.6. The molecule has 5 atom stereocenters. The lowest BCUT2D eigenvalue weighted by Gasteiger charge is -2.36. The first-order chi connectivity index (χ1) is 20.4. The molecule has 2 N–H and O–H groups in total. The molecule has 12 heteroatoms. The lowest BCUT2D eigenvalue weighted by atomic mass is 10.0. The van der Waals surface area contributed by atoms with Crippen LogP contribution in [0.3, 0.4) is 0 Å². The van der Waals surface area contributed by atoms with Crippen LogP contribution in [-0.2, 0) is 19.0 Å². The maximum atomic E-state index is 11.8. The molecule has 0 radical (unpaired) electrons. The topological polar surface area (TPSA) is 146 Å². The van der Waals surface area contributed by atoms with Crippen molar-refractivity contribution in [2.75, 3.05) is 19.6 Å². The molecule has 12 nitrogen and oxygen atoms in total. The number of Topliss-reactive ketones (excluding diaryl/α,β-unsaturated/α-hetero) is 1. The number of nitrogens with zero attached hydrogens (tertiary/aromatic N) is 3. The lowest BCUT2D eigenvalue weighted by molar-refractivity contribution is -0.122. The van der Waals surface area contributed by atoms with E-state index in [2.05, 4.69) is 0 Å². The number of aliphatic hydroxyl groups is 2. The average Bonchev–Trinajstić information content (AvgIpc) is 2.81. The molecule has 0 aliphatic carbocycles. The first-order valence-corrected chi connectivity index (χ1v) is 16.2. The zero-order valence-corrected chi connectivity index (χ0v) is 29.8. The molecule has 3 rings (SSSR count). The molecule has 0 aromatic carbocycles. The van der Waals surface area contributed by atoms with Gasteiger partial charge in [-0.1, -0.05) is 0 Å². The quantitative estimate of drug-likeness (QED) is 0.326. The average molecular weight is 644 g/mol. The number of rotatable bonds is 0. The normalized spacial score (nSPS) is 26.0. The Hall–Kier alpha value is -2.60. The summed E-state index contributed by atoms with van der Waals surface area (Å²) in [6.07, 6.45) is 2.03. The van der Waals surface area contributed by atoms with Gasteiger partial charge in [0.2, 0.25) is 0 Å². The van der Waals surface area contributed by atoms with E-state index in [-0.39, 0.29) is 54.4 Å². The number of likely N-dealkylation sites (tertiary alicyclic amines) is 3. The second-order valence-electron chi connectivity index (χ2n) is 15.4. The van der Waals surface area contributed by atoms with Crippen LogP contribution in [0.15, 0.2) is 0 Å². The molecule has 3 saturated heterocycles. The van der Waals surface area contributed by atoms with E-state index in [1.54, 1.807) is 14.7 Å². The molecule has 0 aromatic heterocycles. The molecular formula is C33H61N3O9. The van der Waals surface area contributed by atoms with Gasteiger partial charge in [-0.2, -0.15) is 0 Å². The Balaban J connectivity index is 0.000000337. The molecule has 0 unspecified atom stereocenters. The smallest absolute Gasteiger partial charge is 0.410 e. The van der Waals surface area contributed by atoms with Crippen molar-refractivity contribution >= 4 is 24.1 Å². The van der Waals surface area contributed by atoms with Gasteiger partial charge in [-0.15, -0.1) is 0 Å². The maximum absolute atomic E-state index is 11.8. The standard InChI is InChI=1S/2C11H21NO3.C11H19NO3/c3*1-8-7-9(13)5-6-12(8)10(14)15-11(2,3)4/h2*8-9,13H,5-7H2,1-4H3;8H,5-7H2,1-4H3/t8-,9+;8-,9-;8-/m111/s1. The van der Waals surface area contributed by atoms with E-state index in [4.69, 9.17) is 14.2 Å². The predicted molar refractivity (Wildman–Crippen MR) is 172 cm³/mol. The number of ether oxygens (including phenoxy) is 3. The molecule has 0 saturated carbocycles. The SMILES string of the molecule is C[C@@H]1CC(=O)CCN1C(=O)OC(C)(C)C.C[C@@H]1C[C@@H](O)CCN1C(=O)OC(C)(C)C.C[C@@H]1C[C@H](O)CCN1C(=O)OC(C)(C)C. The number of hydrogen-bond donors (Lipinski definition) is 2. The van der Waals surface area contributed by atoms with Crippen LogP contribution in [0.25, 0.3) is 0 Å². The summed E-state index contributed by atoms with van der Waals surface area (Å²) in [5, 5.41) is 18.9. The Morgan fingerprint density at radius 2 is 0.911 bits per heavy atom. The highest BCUT2D eigenvalue weighted by molar-refractivity contribution is 5.82. The summed E-state index contributed by atoms with van der Waals surface area (Å²) in [5.74, 6) is 0.224. The van der Waals surface area contributed by atoms with Crippen LogP contribution in [0.2, 0.25) is 0 Å². The Morgan fingerprint density at radius 3 is 1.18 bits per heavy atom. The van der Waals surface area contributed by atoms with Gasteiger partial charge in [-0.3, -0.25) is 4.79 Å². The van der Waals surface area contributed by atoms with Crippen LogP contribution in [0.5, 0.6) is 0 Å². The molecule has 0 bridgehead atoms. The van der Waals surface area contributed by atoms with Crippen LogP contribution < -0.4 is 0 Å². The van der Waals surface area contributed by atoms with Crippen molar-refractivity contribution in [1.82, 2.24) is 14.7 Å². The maximum Gasteiger partial charge on any atom is 0.410 e. The van der Waals surface area contributed by atoms with Crippen molar-refractivity contribution < 1.29 is 43.6 Å². The van der Waals surface area contributed by atoms with Gasteiger partial charge in [0.15, 0.2) is 0 Å². The first-order valence-electron chi connectivity index (χ1n) is 16.2. The Bertz CT molecular complexity index is 933. The number of piperidine rings is 3. The summed E-state index contributed by atoms with van der Waals surface area (Å²) >= 11 is 0. The Labute approximate surface area is 270 Å². The summed E-state index contributed by atoms with van der Waals surface area (Å²) < 4.78 is 15.8. The van der Waals surface area contributed by atoms with Crippen molar-refractivity contribution in [1.29, 1.82) is 0 Å². The number of hydrogen-bond acceptors (Lipinski definition) is 9. The number of amides is 3. The van der Waals surface area contributed by atoms with Crippen molar-refractivity contribution in [2.24, 2.45) is 0 Å². The van der Waals surface area contributed by atoms with E-state index >= 15 is 0 Å². The Kier molecular flexibility index (Phi) is 15.1. The van der Waals surface area contributed by atoms with Crippen molar-refractivity contribution in [3.8, 4) is 0 Å². The monoisotopic (exact) mass is 643 g/mol. The molecule has 0 spiro atoms. The number of carbonyl (C=O) groups is 4. The van der Waals surface area contributed by atoms with E-state index in [9.17, 15) is 29.4 Å². The van der Waals surface area contributed by atoms with Gasteiger partial charge in [-0.25, -0.2) is 14.4 Å². The third-order valence-electron chi connectivity index (χ3n) is 7.27. The van der Waals surface area contributed by atoms with Gasteiger partial charge in [0.1, 0.15) is 22.6 Å². The summed E-state index contributed by atoms with van der Waals surface area (Å²) in [6, 6.07) is 0.0771. The van der Waals surface area contributed by atoms with Gasteiger partial charge in [0, 0.05) is 50.6 Å². The summed E-state index contributed by atoms with van der Waals surface area (Å²) in [5.41, 5.74) is -1.38. The Morgan fingerprint density at radius 1 is 0.600 bits per heavy atom. The fourth-order valence-electron chi connectivity index (χ4n) is 5.08. The number of aliphatic hydroxyl groups excluding tert-OH is 2. The van der Waals surface area contributed by atoms with Crippen LogP contribution in [0, 0.1) is 0 Å². The van der Waals surface area contributed by atoms with Gasteiger partial charge in [-0.05, 0) is 109 Å². The molecule has 3 fully saturated rings. The third-order valence-corrected chi connectivity index (χ3v) is 7.27. The second kappa shape index (κ2) is 16.8. The minimum Gasteiger partial charge on any atom is -0.444 e. The minimum atomic E-state index is -0.474. The van der Waals surface area contributed by atoms with Gasteiger partial charge >= 0.3 is 18.3 Å². The lowest BCUT2D eigenvalue weighted by Crippen LogP contribution is -2.47. The first kappa shape index (κ1) is 40.4. The molecule has 45 heavy (non-hydrogen) atoms. The summed E-state index contributed by atoms with van der Waals surface area (Å²) in [7, 11) is 0.